The molecule has 0 radical (unpaired) electrons. The van der Waals surface area contributed by atoms with Crippen LogP contribution in [0.2, 0.25) is 0 Å². The summed E-state index contributed by atoms with van der Waals surface area (Å²) in [5.74, 6) is -2.02. The van der Waals surface area contributed by atoms with Gasteiger partial charge in [0.05, 0.1) is 21.8 Å². The number of alkyl halides is 3. The average molecular weight is 455 g/mol. The van der Waals surface area contributed by atoms with Crippen LogP contribution in [0.5, 0.6) is 0 Å². The molecule has 0 bridgehead atoms. The van der Waals surface area contributed by atoms with Gasteiger partial charge in [-0.05, 0) is 41.8 Å². The highest BCUT2D eigenvalue weighted by Crippen LogP contribution is 2.36. The van der Waals surface area contributed by atoms with Crippen LogP contribution in [-0.4, -0.2) is 24.5 Å². The molecule has 0 saturated carbocycles. The normalized spacial score (nSPS) is 12.1. The Balaban J connectivity index is 2.15. The molecule has 5 nitrogen and oxygen atoms in total. The smallest absolute Gasteiger partial charge is 0.416 e. The molecule has 3 aromatic rings. The van der Waals surface area contributed by atoms with Crippen LogP contribution in [0.1, 0.15) is 34.0 Å². The highest BCUT2D eigenvalue weighted by atomic mass is 32.2. The summed E-state index contributed by atoms with van der Waals surface area (Å²) in [5, 5.41) is 11.2. The van der Waals surface area contributed by atoms with Crippen molar-refractivity contribution in [2.75, 3.05) is 0 Å². The molecule has 10 heteroatoms. The first-order valence-electron chi connectivity index (χ1n) is 8.72. The van der Waals surface area contributed by atoms with Crippen LogP contribution in [-0.2, 0) is 28.2 Å². The molecule has 1 N–H and O–H groups in total. The zero-order chi connectivity index (χ0) is 22.1. The number of aromatic nitrogens is 1. The minimum atomic E-state index is -4.64. The van der Waals surface area contributed by atoms with E-state index in [2.05, 4.69) is 4.98 Å². The van der Waals surface area contributed by atoms with Gasteiger partial charge in [-0.1, -0.05) is 19.1 Å². The Kier molecular flexibility index (Phi) is 6.00. The lowest BCUT2D eigenvalue weighted by atomic mass is 10.1. The average Bonchev–Trinajstić information content (AvgIpc) is 3.20. The molecule has 0 aliphatic carbocycles. The van der Waals surface area contributed by atoms with E-state index in [4.69, 9.17) is 0 Å². The number of carboxylic acids is 1. The molecule has 30 heavy (non-hydrogen) atoms. The van der Waals surface area contributed by atoms with E-state index in [1.165, 1.54) is 35.7 Å². The second-order valence-corrected chi connectivity index (χ2v) is 9.30. The van der Waals surface area contributed by atoms with Crippen LogP contribution in [0.25, 0.3) is 10.6 Å². The summed E-state index contributed by atoms with van der Waals surface area (Å²) in [4.78, 5) is 15.2. The van der Waals surface area contributed by atoms with Crippen molar-refractivity contribution in [1.82, 2.24) is 4.98 Å². The zero-order valence-electron chi connectivity index (χ0n) is 15.6. The first-order valence-corrected chi connectivity index (χ1v) is 11.2. The van der Waals surface area contributed by atoms with Crippen LogP contribution >= 0.6 is 11.3 Å². The number of carbonyl (C=O) groups is 1. The maximum atomic E-state index is 13.2. The molecule has 158 valence electrons. The maximum Gasteiger partial charge on any atom is 0.416 e. The Bertz CT molecular complexity index is 1190. The molecule has 1 aromatic heterocycles. The van der Waals surface area contributed by atoms with Crippen molar-refractivity contribution in [2.45, 2.75) is 30.2 Å². The molecule has 0 saturated heterocycles. The number of nitrogens with zero attached hydrogens (tertiary/aromatic N) is 1. The first kappa shape index (κ1) is 22.0. The minimum absolute atomic E-state index is 0.0532. The monoisotopic (exact) mass is 455 g/mol. The van der Waals surface area contributed by atoms with Gasteiger partial charge in [-0.2, -0.15) is 13.2 Å². The standard InChI is InChI=1S/C20H16F3NO4S2/c1-2-12-3-4-13(19(25)26)10-17(12)30(27,28)11-14-9-15(20(21,22)23)5-6-16(14)18-24-7-8-29-18/h3-10H,2,11H2,1H3,(H,25,26). The van der Waals surface area contributed by atoms with Gasteiger partial charge < -0.3 is 5.11 Å². The number of carboxylic acid groups (broad SMARTS) is 1. The fourth-order valence-corrected chi connectivity index (χ4v) is 5.43. The predicted molar refractivity (Wildman–Crippen MR) is 106 cm³/mol. The molecule has 0 unspecified atom stereocenters. The number of benzene rings is 2. The summed E-state index contributed by atoms with van der Waals surface area (Å²) >= 11 is 1.17. The van der Waals surface area contributed by atoms with Crippen LogP contribution in [0.4, 0.5) is 13.2 Å². The van der Waals surface area contributed by atoms with Crippen molar-refractivity contribution < 1.29 is 31.5 Å². The fourth-order valence-electron chi connectivity index (χ4n) is 3.01. The molecule has 0 atom stereocenters. The Morgan fingerprint density at radius 3 is 2.43 bits per heavy atom. The second kappa shape index (κ2) is 8.19. The van der Waals surface area contributed by atoms with E-state index in [9.17, 15) is 31.5 Å². The molecule has 3 rings (SSSR count). The number of hydrogen-bond acceptors (Lipinski definition) is 5. The van der Waals surface area contributed by atoms with Gasteiger partial charge in [0.1, 0.15) is 5.01 Å². The Morgan fingerprint density at radius 1 is 1.13 bits per heavy atom. The van der Waals surface area contributed by atoms with Crippen LogP contribution in [0.15, 0.2) is 52.9 Å². The third-order valence-electron chi connectivity index (χ3n) is 4.47. The summed E-state index contributed by atoms with van der Waals surface area (Å²) in [6, 6.07) is 6.65. The summed E-state index contributed by atoms with van der Waals surface area (Å²) in [6.07, 6.45) is -2.85. The minimum Gasteiger partial charge on any atom is -0.478 e. The number of aryl methyl sites for hydroxylation is 1. The number of halogens is 3. The lowest BCUT2D eigenvalue weighted by Gasteiger charge is -2.15. The molecular weight excluding hydrogens is 439 g/mol. The molecule has 0 spiro atoms. The van der Waals surface area contributed by atoms with Crippen LogP contribution < -0.4 is 0 Å². The van der Waals surface area contributed by atoms with Gasteiger partial charge in [-0.25, -0.2) is 18.2 Å². The van der Waals surface area contributed by atoms with Gasteiger partial charge in [0.15, 0.2) is 9.84 Å². The number of hydrogen-bond donors (Lipinski definition) is 1. The van der Waals surface area contributed by atoms with E-state index < -0.39 is 33.3 Å². The fraction of sp³-hybridized carbons (Fsp3) is 0.200. The number of thiazole rings is 1. The highest BCUT2D eigenvalue weighted by molar-refractivity contribution is 7.90. The van der Waals surface area contributed by atoms with Gasteiger partial charge in [0.25, 0.3) is 0 Å². The van der Waals surface area contributed by atoms with Gasteiger partial charge in [0, 0.05) is 17.1 Å². The van der Waals surface area contributed by atoms with Crippen LogP contribution in [0, 0.1) is 0 Å². The van der Waals surface area contributed by atoms with E-state index >= 15 is 0 Å². The lowest BCUT2D eigenvalue weighted by molar-refractivity contribution is -0.137. The van der Waals surface area contributed by atoms with Gasteiger partial charge >= 0.3 is 12.1 Å². The molecule has 0 aliphatic rings. The largest absolute Gasteiger partial charge is 0.478 e. The molecule has 0 amide bonds. The lowest BCUT2D eigenvalue weighted by Crippen LogP contribution is -2.12. The van der Waals surface area contributed by atoms with E-state index in [0.29, 0.717) is 17.0 Å². The second-order valence-electron chi connectivity index (χ2n) is 6.45. The third-order valence-corrected chi connectivity index (χ3v) is 7.02. The molecule has 1 heterocycles. The van der Waals surface area contributed by atoms with Crippen molar-refractivity contribution in [3.63, 3.8) is 0 Å². The quantitative estimate of drug-likeness (QED) is 0.561. The molecular formula is C20H16F3NO4S2. The summed E-state index contributed by atoms with van der Waals surface area (Å²) in [7, 11) is -4.14. The van der Waals surface area contributed by atoms with Crippen molar-refractivity contribution in [1.29, 1.82) is 0 Å². The molecule has 2 aromatic carbocycles. The van der Waals surface area contributed by atoms with E-state index in [1.54, 1.807) is 12.3 Å². The Labute approximate surface area is 174 Å². The van der Waals surface area contributed by atoms with Crippen molar-refractivity contribution in [3.05, 3.63) is 70.2 Å². The van der Waals surface area contributed by atoms with E-state index in [0.717, 1.165) is 18.2 Å². The summed E-state index contributed by atoms with van der Waals surface area (Å²) < 4.78 is 66.0. The molecule has 0 fully saturated rings. The third kappa shape index (κ3) is 4.54. The van der Waals surface area contributed by atoms with Crippen molar-refractivity contribution in [3.8, 4) is 10.6 Å². The first-order chi connectivity index (χ1) is 14.0. The predicted octanol–water partition coefficient (Wildman–Crippen LogP) is 5.06. The number of aromatic carboxylic acids is 1. The van der Waals surface area contributed by atoms with Gasteiger partial charge in [-0.3, -0.25) is 0 Å². The van der Waals surface area contributed by atoms with E-state index in [-0.39, 0.29) is 21.6 Å². The Morgan fingerprint density at radius 2 is 1.87 bits per heavy atom. The molecule has 0 aliphatic heterocycles. The topological polar surface area (TPSA) is 84.3 Å². The van der Waals surface area contributed by atoms with Crippen LogP contribution in [0.3, 0.4) is 0 Å². The number of sulfone groups is 1. The summed E-state index contributed by atoms with van der Waals surface area (Å²) in [5.41, 5.74) is -0.558. The maximum absolute atomic E-state index is 13.2. The van der Waals surface area contributed by atoms with E-state index in [1.807, 2.05) is 0 Å². The Hall–Kier alpha value is -2.72. The van der Waals surface area contributed by atoms with Gasteiger partial charge in [-0.15, -0.1) is 11.3 Å². The van der Waals surface area contributed by atoms with Gasteiger partial charge in [0.2, 0.25) is 0 Å². The zero-order valence-corrected chi connectivity index (χ0v) is 17.2. The van der Waals surface area contributed by atoms with Crippen molar-refractivity contribution >= 4 is 27.1 Å². The highest BCUT2D eigenvalue weighted by Gasteiger charge is 2.32. The van der Waals surface area contributed by atoms with Crippen molar-refractivity contribution in [2.24, 2.45) is 0 Å². The SMILES string of the molecule is CCc1ccc(C(=O)O)cc1S(=O)(=O)Cc1cc(C(F)(F)F)ccc1-c1nccs1. The number of rotatable bonds is 6. The summed E-state index contributed by atoms with van der Waals surface area (Å²) in [6.45, 7) is 1.71.